The average molecular weight is 338 g/mol. The van der Waals surface area contributed by atoms with Crippen LogP contribution < -0.4 is 5.73 Å². The second-order valence-corrected chi connectivity index (χ2v) is 7.49. The highest BCUT2D eigenvalue weighted by Gasteiger charge is 2.19. The molecule has 0 bridgehead atoms. The van der Waals surface area contributed by atoms with Crippen LogP contribution in [0.5, 0.6) is 0 Å². The van der Waals surface area contributed by atoms with Crippen LogP contribution in [0.15, 0.2) is 15.2 Å². The number of nitrogens with two attached hydrogens (primary N) is 1. The highest BCUT2D eigenvalue weighted by atomic mass is 79.9. The minimum absolute atomic E-state index is 0.0412. The first-order valence-corrected chi connectivity index (χ1v) is 8.08. The van der Waals surface area contributed by atoms with Crippen molar-refractivity contribution in [3.63, 3.8) is 0 Å². The van der Waals surface area contributed by atoms with Gasteiger partial charge in [0.1, 0.15) is 0 Å². The SMILES string of the molecule is Cc1c(C)c(C)c(C(N)c2csc(Br)c2)c(C)c1C. The topological polar surface area (TPSA) is 26.0 Å². The molecule has 3 heteroatoms. The third-order valence-electron chi connectivity index (χ3n) is 4.32. The Kier molecular flexibility index (Phi) is 4.19. The normalized spacial score (nSPS) is 12.8. The van der Waals surface area contributed by atoms with Gasteiger partial charge in [-0.1, -0.05) is 0 Å². The van der Waals surface area contributed by atoms with E-state index < -0.39 is 0 Å². The van der Waals surface area contributed by atoms with Gasteiger partial charge in [-0.05, 0) is 101 Å². The number of hydrogen-bond acceptors (Lipinski definition) is 2. The van der Waals surface area contributed by atoms with Gasteiger partial charge in [-0.3, -0.25) is 0 Å². The van der Waals surface area contributed by atoms with Gasteiger partial charge in [0, 0.05) is 0 Å². The molecule has 0 saturated carbocycles. The molecule has 19 heavy (non-hydrogen) atoms. The second kappa shape index (κ2) is 5.39. The maximum Gasteiger partial charge on any atom is 0.0701 e. The molecule has 0 aliphatic carbocycles. The fourth-order valence-electron chi connectivity index (χ4n) is 2.65. The average Bonchev–Trinajstić information content (AvgIpc) is 2.81. The van der Waals surface area contributed by atoms with Gasteiger partial charge in [-0.25, -0.2) is 0 Å². The number of benzene rings is 1. The van der Waals surface area contributed by atoms with Gasteiger partial charge >= 0.3 is 0 Å². The zero-order valence-electron chi connectivity index (χ0n) is 12.1. The van der Waals surface area contributed by atoms with Gasteiger partial charge < -0.3 is 5.73 Å². The van der Waals surface area contributed by atoms with Crippen molar-refractivity contribution in [2.45, 2.75) is 40.7 Å². The lowest BCUT2D eigenvalue weighted by Crippen LogP contribution is -2.16. The zero-order valence-corrected chi connectivity index (χ0v) is 14.5. The van der Waals surface area contributed by atoms with E-state index in [1.54, 1.807) is 11.3 Å². The fraction of sp³-hybridized carbons (Fsp3) is 0.375. The molecule has 0 saturated heterocycles. The molecule has 0 amide bonds. The van der Waals surface area contributed by atoms with E-state index in [0.717, 1.165) is 3.79 Å². The van der Waals surface area contributed by atoms with Crippen LogP contribution in [0.25, 0.3) is 0 Å². The standard InChI is InChI=1S/C16H20BrNS/c1-8-9(2)11(4)15(12(5)10(8)3)16(18)13-6-14(17)19-7-13/h6-7,16H,18H2,1-5H3. The van der Waals surface area contributed by atoms with Crippen LogP contribution in [0.2, 0.25) is 0 Å². The number of rotatable bonds is 2. The van der Waals surface area contributed by atoms with Crippen molar-refractivity contribution in [3.8, 4) is 0 Å². The molecule has 1 heterocycles. The molecule has 1 unspecified atom stereocenters. The fourth-order valence-corrected chi connectivity index (χ4v) is 3.86. The summed E-state index contributed by atoms with van der Waals surface area (Å²) >= 11 is 5.20. The molecule has 1 nitrogen and oxygen atoms in total. The Hall–Kier alpha value is -0.640. The number of thiophene rings is 1. The first-order valence-electron chi connectivity index (χ1n) is 6.41. The van der Waals surface area contributed by atoms with Crippen molar-refractivity contribution < 1.29 is 0 Å². The Bertz CT molecular complexity index is 599. The summed E-state index contributed by atoms with van der Waals surface area (Å²) in [5, 5.41) is 2.14. The van der Waals surface area contributed by atoms with Crippen molar-refractivity contribution in [1.29, 1.82) is 0 Å². The maximum atomic E-state index is 6.50. The number of halogens is 1. The quantitative estimate of drug-likeness (QED) is 0.810. The molecule has 2 aromatic rings. The van der Waals surface area contributed by atoms with Crippen LogP contribution in [0.4, 0.5) is 0 Å². The highest BCUT2D eigenvalue weighted by molar-refractivity contribution is 9.11. The molecule has 1 aromatic heterocycles. The lowest BCUT2D eigenvalue weighted by Gasteiger charge is -2.22. The van der Waals surface area contributed by atoms with Gasteiger partial charge in [0.15, 0.2) is 0 Å². The molecule has 0 spiro atoms. The summed E-state index contributed by atoms with van der Waals surface area (Å²) in [6.45, 7) is 11.0. The molecule has 0 radical (unpaired) electrons. The highest BCUT2D eigenvalue weighted by Crippen LogP contribution is 2.34. The molecule has 2 rings (SSSR count). The van der Waals surface area contributed by atoms with Crippen LogP contribution in [0.1, 0.15) is 45.0 Å². The third kappa shape index (κ3) is 2.51. The van der Waals surface area contributed by atoms with Crippen LogP contribution in [0, 0.1) is 34.6 Å². The summed E-state index contributed by atoms with van der Waals surface area (Å²) in [5.41, 5.74) is 15.7. The summed E-state index contributed by atoms with van der Waals surface area (Å²) in [4.78, 5) is 0. The predicted octanol–water partition coefficient (Wildman–Crippen LogP) is 5.10. The van der Waals surface area contributed by atoms with Gasteiger partial charge in [0.25, 0.3) is 0 Å². The van der Waals surface area contributed by atoms with Crippen LogP contribution in [-0.4, -0.2) is 0 Å². The predicted molar refractivity (Wildman–Crippen MR) is 88.2 cm³/mol. The summed E-state index contributed by atoms with van der Waals surface area (Å²) < 4.78 is 1.13. The first kappa shape index (κ1) is 14.8. The minimum Gasteiger partial charge on any atom is -0.320 e. The van der Waals surface area contributed by atoms with E-state index in [0.29, 0.717) is 0 Å². The lowest BCUT2D eigenvalue weighted by atomic mass is 9.85. The molecular formula is C16H20BrNS. The Morgan fingerprint density at radius 2 is 1.42 bits per heavy atom. The van der Waals surface area contributed by atoms with Crippen molar-refractivity contribution in [3.05, 3.63) is 54.2 Å². The van der Waals surface area contributed by atoms with Gasteiger partial charge in [0.05, 0.1) is 9.83 Å². The molecule has 0 aliphatic heterocycles. The number of hydrogen-bond donors (Lipinski definition) is 1. The van der Waals surface area contributed by atoms with E-state index >= 15 is 0 Å². The van der Waals surface area contributed by atoms with E-state index in [-0.39, 0.29) is 6.04 Å². The second-order valence-electron chi connectivity index (χ2n) is 5.20. The monoisotopic (exact) mass is 337 g/mol. The summed E-state index contributed by atoms with van der Waals surface area (Å²) in [5.74, 6) is 0. The Labute approximate surface area is 128 Å². The summed E-state index contributed by atoms with van der Waals surface area (Å²) in [6, 6.07) is 2.08. The van der Waals surface area contributed by atoms with E-state index in [1.165, 1.54) is 38.9 Å². The molecule has 102 valence electrons. The summed E-state index contributed by atoms with van der Waals surface area (Å²) in [6.07, 6.45) is 0. The Morgan fingerprint density at radius 1 is 0.947 bits per heavy atom. The smallest absolute Gasteiger partial charge is 0.0701 e. The maximum absolute atomic E-state index is 6.50. The van der Waals surface area contributed by atoms with Gasteiger partial charge in [-0.15, -0.1) is 11.3 Å². The Balaban J connectivity index is 2.63. The first-order chi connectivity index (χ1) is 8.84. The van der Waals surface area contributed by atoms with E-state index in [1.807, 2.05) is 0 Å². The van der Waals surface area contributed by atoms with Gasteiger partial charge in [-0.2, -0.15) is 0 Å². The van der Waals surface area contributed by atoms with Crippen LogP contribution in [-0.2, 0) is 0 Å². The summed E-state index contributed by atoms with van der Waals surface area (Å²) in [7, 11) is 0. The van der Waals surface area contributed by atoms with E-state index in [2.05, 4.69) is 62.0 Å². The van der Waals surface area contributed by atoms with Crippen molar-refractivity contribution >= 4 is 27.3 Å². The zero-order chi connectivity index (χ0) is 14.3. The van der Waals surface area contributed by atoms with Gasteiger partial charge in [0.2, 0.25) is 0 Å². The molecular weight excluding hydrogens is 318 g/mol. The van der Waals surface area contributed by atoms with E-state index in [9.17, 15) is 0 Å². The minimum atomic E-state index is -0.0412. The molecule has 1 atom stereocenters. The third-order valence-corrected chi connectivity index (χ3v) is 5.84. The lowest BCUT2D eigenvalue weighted by molar-refractivity contribution is 0.847. The van der Waals surface area contributed by atoms with E-state index in [4.69, 9.17) is 5.73 Å². The largest absolute Gasteiger partial charge is 0.320 e. The van der Waals surface area contributed by atoms with Crippen LogP contribution >= 0.6 is 27.3 Å². The molecule has 1 aromatic carbocycles. The molecule has 0 fully saturated rings. The molecule has 0 aliphatic rings. The van der Waals surface area contributed by atoms with Crippen molar-refractivity contribution in [2.75, 3.05) is 0 Å². The van der Waals surface area contributed by atoms with Crippen molar-refractivity contribution in [1.82, 2.24) is 0 Å². The van der Waals surface area contributed by atoms with Crippen molar-refractivity contribution in [2.24, 2.45) is 5.73 Å². The Morgan fingerprint density at radius 3 is 1.84 bits per heavy atom. The van der Waals surface area contributed by atoms with Crippen LogP contribution in [0.3, 0.4) is 0 Å². The molecule has 2 N–H and O–H groups in total.